The minimum absolute atomic E-state index is 0. The molecule has 1 saturated heterocycles. The lowest BCUT2D eigenvalue weighted by Gasteiger charge is -2.36. The first kappa shape index (κ1) is 25.0. The van der Waals surface area contributed by atoms with Crippen LogP contribution in [0.5, 0.6) is 0 Å². The van der Waals surface area contributed by atoms with Crippen LogP contribution in [0.15, 0.2) is 52.1 Å². The molecule has 168 valence electrons. The first-order valence-corrected chi connectivity index (χ1v) is 10.2. The van der Waals surface area contributed by atoms with E-state index in [9.17, 15) is 9.59 Å². The molecule has 2 amide bonds. The van der Waals surface area contributed by atoms with Gasteiger partial charge in [-0.2, -0.15) is 0 Å². The molecule has 1 aliphatic heterocycles. The lowest BCUT2D eigenvalue weighted by molar-refractivity contribution is -0.131. The van der Waals surface area contributed by atoms with Gasteiger partial charge in [-0.15, -0.1) is 24.0 Å². The Labute approximate surface area is 204 Å². The quantitative estimate of drug-likeness (QED) is 0.322. The van der Waals surface area contributed by atoms with Crippen molar-refractivity contribution in [1.29, 1.82) is 0 Å². The van der Waals surface area contributed by atoms with E-state index >= 15 is 0 Å². The Kier molecular flexibility index (Phi) is 10.1. The molecular weight excluding hydrogens is 533 g/mol. The smallest absolute Gasteiger partial charge is 0.239 e. The number of amides is 2. The Bertz CT molecular complexity index is 883. The van der Waals surface area contributed by atoms with Gasteiger partial charge in [0.25, 0.3) is 0 Å². The second-order valence-corrected chi connectivity index (χ2v) is 7.37. The van der Waals surface area contributed by atoms with Crippen molar-refractivity contribution in [3.05, 3.63) is 59.0 Å². The molecule has 0 atom stereocenters. The van der Waals surface area contributed by atoms with Crippen LogP contribution in [0, 0.1) is 0 Å². The number of rotatable bonds is 6. The van der Waals surface area contributed by atoms with Gasteiger partial charge in [-0.25, -0.2) is 0 Å². The number of aliphatic imine (C=N–C) groups is 1. The molecule has 3 rings (SSSR count). The fourth-order valence-corrected chi connectivity index (χ4v) is 3.47. The van der Waals surface area contributed by atoms with Crippen molar-refractivity contribution in [2.75, 3.05) is 39.8 Å². The molecule has 2 N–H and O–H groups in total. The maximum atomic E-state index is 12.6. The van der Waals surface area contributed by atoms with Crippen molar-refractivity contribution >= 4 is 53.4 Å². The van der Waals surface area contributed by atoms with Gasteiger partial charge in [-0.05, 0) is 29.8 Å². The molecule has 31 heavy (non-hydrogen) atoms. The molecule has 0 unspecified atom stereocenters. The number of halogens is 2. The molecule has 0 radical (unpaired) electrons. The van der Waals surface area contributed by atoms with Gasteiger partial charge in [-0.3, -0.25) is 14.6 Å². The molecule has 10 heteroatoms. The fourth-order valence-electron chi connectivity index (χ4n) is 3.25. The van der Waals surface area contributed by atoms with Crippen molar-refractivity contribution in [1.82, 2.24) is 20.4 Å². The third kappa shape index (κ3) is 7.73. The number of hydrogen-bond donors (Lipinski definition) is 2. The van der Waals surface area contributed by atoms with Crippen LogP contribution < -0.4 is 10.6 Å². The Morgan fingerprint density at radius 3 is 2.48 bits per heavy atom. The molecule has 0 bridgehead atoms. The summed E-state index contributed by atoms with van der Waals surface area (Å²) in [5.41, 5.74) is 0.910. The lowest BCUT2D eigenvalue weighted by Crippen LogP contribution is -2.54. The van der Waals surface area contributed by atoms with E-state index in [-0.39, 0.29) is 42.3 Å². The lowest BCUT2D eigenvalue weighted by atomic mass is 10.1. The van der Waals surface area contributed by atoms with Crippen LogP contribution in [0.25, 0.3) is 0 Å². The van der Waals surface area contributed by atoms with Gasteiger partial charge in [0.05, 0.1) is 25.8 Å². The number of benzene rings is 1. The highest BCUT2D eigenvalue weighted by Gasteiger charge is 2.23. The van der Waals surface area contributed by atoms with Crippen molar-refractivity contribution in [2.24, 2.45) is 4.99 Å². The summed E-state index contributed by atoms with van der Waals surface area (Å²) in [6.07, 6.45) is 1.91. The van der Waals surface area contributed by atoms with E-state index < -0.39 is 0 Å². The Balaban J connectivity index is 0.00000341. The van der Waals surface area contributed by atoms with E-state index in [1.807, 2.05) is 28.0 Å². The first-order chi connectivity index (χ1) is 14.5. The first-order valence-electron chi connectivity index (χ1n) is 9.82. The van der Waals surface area contributed by atoms with E-state index in [0.29, 0.717) is 55.9 Å². The summed E-state index contributed by atoms with van der Waals surface area (Å²) in [7, 11) is 1.68. The van der Waals surface area contributed by atoms with Gasteiger partial charge in [0.15, 0.2) is 5.96 Å². The van der Waals surface area contributed by atoms with Crippen LogP contribution in [0.3, 0.4) is 0 Å². The molecule has 0 spiro atoms. The highest BCUT2D eigenvalue weighted by Crippen LogP contribution is 2.13. The molecule has 2 aromatic rings. The zero-order chi connectivity index (χ0) is 21.3. The second-order valence-electron chi connectivity index (χ2n) is 6.93. The SMILES string of the molecule is CN=C(NCC(=O)NCc1ccco1)N1CCN(C(=O)Cc2cccc(Cl)c2)CC1.I. The van der Waals surface area contributed by atoms with Crippen LogP contribution in [-0.4, -0.2) is 67.3 Å². The number of nitrogens with zero attached hydrogens (tertiary/aromatic N) is 3. The summed E-state index contributed by atoms with van der Waals surface area (Å²) in [5, 5.41) is 6.49. The third-order valence-electron chi connectivity index (χ3n) is 4.84. The molecule has 0 aliphatic carbocycles. The average Bonchev–Trinajstić information content (AvgIpc) is 3.27. The molecule has 1 aromatic carbocycles. The van der Waals surface area contributed by atoms with E-state index in [1.165, 1.54) is 0 Å². The molecule has 1 aliphatic rings. The van der Waals surface area contributed by atoms with E-state index in [1.54, 1.807) is 31.5 Å². The number of furan rings is 1. The summed E-state index contributed by atoms with van der Waals surface area (Å²) in [5.74, 6) is 1.27. The van der Waals surface area contributed by atoms with E-state index in [4.69, 9.17) is 16.0 Å². The topological polar surface area (TPSA) is 90.2 Å². The van der Waals surface area contributed by atoms with Gasteiger partial charge in [0, 0.05) is 38.2 Å². The predicted molar refractivity (Wildman–Crippen MR) is 131 cm³/mol. The molecular formula is C21H27ClIN5O3. The van der Waals surface area contributed by atoms with Crippen LogP contribution in [0.4, 0.5) is 0 Å². The summed E-state index contributed by atoms with van der Waals surface area (Å²) in [6.45, 7) is 2.96. The average molecular weight is 560 g/mol. The minimum Gasteiger partial charge on any atom is -0.467 e. The zero-order valence-corrected chi connectivity index (χ0v) is 20.4. The predicted octanol–water partition coefficient (Wildman–Crippen LogP) is 2.13. The van der Waals surface area contributed by atoms with Gasteiger partial charge in [0.1, 0.15) is 5.76 Å². The van der Waals surface area contributed by atoms with Gasteiger partial charge in [-0.1, -0.05) is 23.7 Å². The van der Waals surface area contributed by atoms with Crippen LogP contribution >= 0.6 is 35.6 Å². The number of hydrogen-bond acceptors (Lipinski definition) is 4. The molecule has 8 nitrogen and oxygen atoms in total. The van der Waals surface area contributed by atoms with Crippen LogP contribution in [0.2, 0.25) is 5.02 Å². The largest absolute Gasteiger partial charge is 0.467 e. The highest BCUT2D eigenvalue weighted by atomic mass is 127. The summed E-state index contributed by atoms with van der Waals surface area (Å²) in [4.78, 5) is 32.7. The number of nitrogens with one attached hydrogen (secondary N) is 2. The maximum Gasteiger partial charge on any atom is 0.239 e. The molecule has 1 aromatic heterocycles. The summed E-state index contributed by atoms with van der Waals surface area (Å²) in [6, 6.07) is 11.0. The van der Waals surface area contributed by atoms with Crippen molar-refractivity contribution in [2.45, 2.75) is 13.0 Å². The van der Waals surface area contributed by atoms with Crippen molar-refractivity contribution < 1.29 is 14.0 Å². The molecule has 2 heterocycles. The van der Waals surface area contributed by atoms with Gasteiger partial charge in [0.2, 0.25) is 11.8 Å². The van der Waals surface area contributed by atoms with Gasteiger partial charge < -0.3 is 24.9 Å². The number of piperazine rings is 1. The minimum atomic E-state index is -0.150. The Hall–Kier alpha value is -2.27. The molecule has 0 saturated carbocycles. The summed E-state index contributed by atoms with van der Waals surface area (Å²) >= 11 is 6.00. The fraction of sp³-hybridized carbons (Fsp3) is 0.381. The number of carbonyl (C=O) groups excluding carboxylic acids is 2. The van der Waals surface area contributed by atoms with E-state index in [0.717, 1.165) is 5.56 Å². The zero-order valence-electron chi connectivity index (χ0n) is 17.3. The van der Waals surface area contributed by atoms with Crippen LogP contribution in [0.1, 0.15) is 11.3 Å². The second kappa shape index (κ2) is 12.6. The Morgan fingerprint density at radius 1 is 1.10 bits per heavy atom. The van der Waals surface area contributed by atoms with Crippen molar-refractivity contribution in [3.8, 4) is 0 Å². The third-order valence-corrected chi connectivity index (χ3v) is 5.07. The normalized spacial score (nSPS) is 14.1. The maximum absolute atomic E-state index is 12.6. The van der Waals surface area contributed by atoms with Gasteiger partial charge >= 0.3 is 0 Å². The number of carbonyl (C=O) groups is 2. The number of guanidine groups is 1. The monoisotopic (exact) mass is 559 g/mol. The van der Waals surface area contributed by atoms with Crippen LogP contribution in [-0.2, 0) is 22.6 Å². The Morgan fingerprint density at radius 2 is 1.84 bits per heavy atom. The molecule has 1 fully saturated rings. The van der Waals surface area contributed by atoms with Crippen molar-refractivity contribution in [3.63, 3.8) is 0 Å². The summed E-state index contributed by atoms with van der Waals surface area (Å²) < 4.78 is 5.19. The van der Waals surface area contributed by atoms with E-state index in [2.05, 4.69) is 15.6 Å². The highest BCUT2D eigenvalue weighted by molar-refractivity contribution is 14.0. The standard InChI is InChI=1S/C21H26ClN5O3.HI/c1-23-21(25-15-19(28)24-14-18-6-3-11-30-18)27-9-7-26(8-10-27)20(29)13-16-4-2-5-17(22)12-16;/h2-6,11-12H,7-10,13-15H2,1H3,(H,23,25)(H,24,28);1H.